The molecule has 1 aromatic rings. The molecular weight excluding hydrogens is 244 g/mol. The number of nitrogens with one attached hydrogen (secondary N) is 1. The maximum atomic E-state index is 11.7. The Hall–Kier alpha value is -1.40. The quantitative estimate of drug-likeness (QED) is 0.767. The number of carbonyl (C=O) groups is 1. The molecule has 108 valence electrons. The predicted molar refractivity (Wildman–Crippen MR) is 74.9 cm³/mol. The van der Waals surface area contributed by atoms with Crippen LogP contribution in [0.25, 0.3) is 0 Å². The average Bonchev–Trinajstić information content (AvgIpc) is 2.73. The Morgan fingerprint density at radius 1 is 1.53 bits per heavy atom. The number of aliphatic hydroxyl groups is 1. The molecule has 0 saturated heterocycles. The van der Waals surface area contributed by atoms with E-state index in [1.807, 2.05) is 34.1 Å². The van der Waals surface area contributed by atoms with Crippen LogP contribution < -0.4 is 5.32 Å². The summed E-state index contributed by atoms with van der Waals surface area (Å²) in [7, 11) is 4.00. The van der Waals surface area contributed by atoms with Crippen molar-refractivity contribution in [1.82, 2.24) is 14.7 Å². The normalized spacial score (nSPS) is 13.0. The van der Waals surface area contributed by atoms with Crippen LogP contribution >= 0.6 is 0 Å². The molecule has 1 unspecified atom stereocenters. The van der Waals surface area contributed by atoms with Crippen LogP contribution in [0.4, 0.5) is 5.82 Å². The van der Waals surface area contributed by atoms with Crippen LogP contribution in [0.1, 0.15) is 20.3 Å². The Morgan fingerprint density at radius 2 is 2.21 bits per heavy atom. The number of likely N-dealkylation sites (N-methyl/N-ethyl adjacent to an activating group) is 1. The lowest BCUT2D eigenvalue weighted by molar-refractivity contribution is -0.118. The van der Waals surface area contributed by atoms with Crippen molar-refractivity contribution in [3.63, 3.8) is 0 Å². The van der Waals surface area contributed by atoms with Crippen molar-refractivity contribution in [1.29, 1.82) is 0 Å². The summed E-state index contributed by atoms with van der Waals surface area (Å²) in [5.74, 6) is 0.391. The van der Waals surface area contributed by atoms with E-state index in [-0.39, 0.29) is 18.2 Å². The molecule has 0 bridgehead atoms. The maximum Gasteiger partial charge on any atom is 0.228 e. The summed E-state index contributed by atoms with van der Waals surface area (Å²) in [5, 5.41) is 16.6. The summed E-state index contributed by atoms with van der Waals surface area (Å²) < 4.78 is 1.79. The number of hydrogen-bond donors (Lipinski definition) is 2. The number of aliphatic hydroxyl groups excluding tert-OH is 1. The first-order valence-electron chi connectivity index (χ1n) is 6.54. The summed E-state index contributed by atoms with van der Waals surface area (Å²) in [6.07, 6.45) is 1.32. The summed E-state index contributed by atoms with van der Waals surface area (Å²) >= 11 is 0. The van der Waals surface area contributed by atoms with Gasteiger partial charge in [0.2, 0.25) is 5.91 Å². The first-order valence-corrected chi connectivity index (χ1v) is 6.54. The minimum absolute atomic E-state index is 0.0726. The summed E-state index contributed by atoms with van der Waals surface area (Å²) in [5.41, 5.74) is 0. The third-order valence-corrected chi connectivity index (χ3v) is 2.85. The second kappa shape index (κ2) is 7.25. The molecule has 1 atom stereocenters. The zero-order valence-electron chi connectivity index (χ0n) is 12.1. The predicted octanol–water partition coefficient (Wildman–Crippen LogP) is 0.790. The molecule has 0 aromatic carbocycles. The molecular formula is C13H24N4O2. The van der Waals surface area contributed by atoms with Gasteiger partial charge in [-0.05, 0) is 20.0 Å². The van der Waals surface area contributed by atoms with Crippen LogP contribution in [0.3, 0.4) is 0 Å². The monoisotopic (exact) mass is 268 g/mol. The van der Waals surface area contributed by atoms with Crippen LogP contribution in [0.2, 0.25) is 0 Å². The van der Waals surface area contributed by atoms with Gasteiger partial charge >= 0.3 is 0 Å². The Labute approximate surface area is 114 Å². The molecule has 0 aliphatic heterocycles. The van der Waals surface area contributed by atoms with E-state index >= 15 is 0 Å². The number of carbonyl (C=O) groups excluding carboxylic acids is 1. The second-order valence-electron chi connectivity index (χ2n) is 5.33. The Kier molecular flexibility index (Phi) is 5.98. The SMILES string of the molecule is CC(C)C(O)CC(=O)Nc1ccn(CCN(C)C)n1. The minimum atomic E-state index is -0.615. The molecule has 0 spiro atoms. The van der Waals surface area contributed by atoms with E-state index in [0.29, 0.717) is 5.82 Å². The van der Waals surface area contributed by atoms with Gasteiger partial charge in [0.15, 0.2) is 5.82 Å². The van der Waals surface area contributed by atoms with Gasteiger partial charge in [-0.25, -0.2) is 0 Å². The van der Waals surface area contributed by atoms with Gasteiger partial charge in [-0.15, -0.1) is 0 Å². The first-order chi connectivity index (χ1) is 8.88. The van der Waals surface area contributed by atoms with Gasteiger partial charge in [-0.3, -0.25) is 9.48 Å². The standard InChI is InChI=1S/C13H24N4O2/c1-10(2)11(18)9-13(19)14-12-5-6-17(15-12)8-7-16(3)4/h5-6,10-11,18H,7-9H2,1-4H3,(H,14,15,19). The van der Waals surface area contributed by atoms with E-state index in [9.17, 15) is 9.90 Å². The molecule has 19 heavy (non-hydrogen) atoms. The number of aromatic nitrogens is 2. The Bertz CT molecular complexity index is 401. The average molecular weight is 268 g/mol. The molecule has 1 amide bonds. The molecule has 1 aromatic heterocycles. The number of rotatable bonds is 7. The van der Waals surface area contributed by atoms with Crippen LogP contribution in [0, 0.1) is 5.92 Å². The number of hydrogen-bond acceptors (Lipinski definition) is 4. The molecule has 0 radical (unpaired) electrons. The van der Waals surface area contributed by atoms with Gasteiger partial charge in [0.25, 0.3) is 0 Å². The number of nitrogens with zero attached hydrogens (tertiary/aromatic N) is 3. The van der Waals surface area contributed by atoms with Gasteiger partial charge in [-0.1, -0.05) is 13.8 Å². The smallest absolute Gasteiger partial charge is 0.228 e. The van der Waals surface area contributed by atoms with Gasteiger partial charge in [-0.2, -0.15) is 5.10 Å². The third-order valence-electron chi connectivity index (χ3n) is 2.85. The molecule has 0 aliphatic carbocycles. The molecule has 6 nitrogen and oxygen atoms in total. The van der Waals surface area contributed by atoms with Gasteiger partial charge in [0.05, 0.1) is 19.1 Å². The van der Waals surface area contributed by atoms with Gasteiger partial charge < -0.3 is 15.3 Å². The highest BCUT2D eigenvalue weighted by atomic mass is 16.3. The van der Waals surface area contributed by atoms with Gasteiger partial charge in [0.1, 0.15) is 0 Å². The highest BCUT2D eigenvalue weighted by Crippen LogP contribution is 2.08. The fourth-order valence-electron chi connectivity index (χ4n) is 1.47. The van der Waals surface area contributed by atoms with Crippen LogP contribution in [-0.4, -0.2) is 52.4 Å². The lowest BCUT2D eigenvalue weighted by Crippen LogP contribution is -2.24. The summed E-state index contributed by atoms with van der Waals surface area (Å²) in [6, 6.07) is 1.76. The molecule has 6 heteroatoms. The topological polar surface area (TPSA) is 70.4 Å². The number of amides is 1. The molecule has 0 aliphatic rings. The summed E-state index contributed by atoms with van der Waals surface area (Å²) in [4.78, 5) is 13.7. The Balaban J connectivity index is 2.42. The van der Waals surface area contributed by atoms with Crippen LogP contribution in [-0.2, 0) is 11.3 Å². The Morgan fingerprint density at radius 3 is 2.79 bits per heavy atom. The zero-order valence-corrected chi connectivity index (χ0v) is 12.1. The largest absolute Gasteiger partial charge is 0.392 e. The molecule has 0 saturated carbocycles. The molecule has 0 fully saturated rings. The van der Waals surface area contributed by atoms with E-state index < -0.39 is 6.10 Å². The van der Waals surface area contributed by atoms with Gasteiger partial charge in [0, 0.05) is 18.8 Å². The fraction of sp³-hybridized carbons (Fsp3) is 0.692. The highest BCUT2D eigenvalue weighted by molar-refractivity contribution is 5.89. The molecule has 1 heterocycles. The number of anilines is 1. The first kappa shape index (κ1) is 15.7. The molecule has 2 N–H and O–H groups in total. The van der Waals surface area contributed by atoms with Crippen molar-refractivity contribution in [3.05, 3.63) is 12.3 Å². The zero-order chi connectivity index (χ0) is 14.4. The van der Waals surface area contributed by atoms with E-state index in [4.69, 9.17) is 0 Å². The van der Waals surface area contributed by atoms with Crippen LogP contribution in [0.15, 0.2) is 12.3 Å². The van der Waals surface area contributed by atoms with E-state index in [1.165, 1.54) is 0 Å². The lowest BCUT2D eigenvalue weighted by Gasteiger charge is -2.13. The minimum Gasteiger partial charge on any atom is -0.392 e. The van der Waals surface area contributed by atoms with E-state index in [1.54, 1.807) is 10.7 Å². The van der Waals surface area contributed by atoms with Crippen molar-refractivity contribution >= 4 is 11.7 Å². The highest BCUT2D eigenvalue weighted by Gasteiger charge is 2.15. The second-order valence-corrected chi connectivity index (χ2v) is 5.33. The van der Waals surface area contributed by atoms with Crippen molar-refractivity contribution in [2.24, 2.45) is 5.92 Å². The maximum absolute atomic E-state index is 11.7. The third kappa shape index (κ3) is 5.85. The lowest BCUT2D eigenvalue weighted by atomic mass is 10.0. The van der Waals surface area contributed by atoms with Crippen molar-refractivity contribution in [2.45, 2.75) is 32.9 Å². The summed E-state index contributed by atoms with van der Waals surface area (Å²) in [6.45, 7) is 5.43. The van der Waals surface area contributed by atoms with Crippen molar-refractivity contribution in [2.75, 3.05) is 26.0 Å². The molecule has 1 rings (SSSR count). The van der Waals surface area contributed by atoms with E-state index in [0.717, 1.165) is 13.1 Å². The fourth-order valence-corrected chi connectivity index (χ4v) is 1.47. The van der Waals surface area contributed by atoms with E-state index in [2.05, 4.69) is 15.3 Å². The van der Waals surface area contributed by atoms with Crippen molar-refractivity contribution in [3.8, 4) is 0 Å². The van der Waals surface area contributed by atoms with Crippen LogP contribution in [0.5, 0.6) is 0 Å². The van der Waals surface area contributed by atoms with Crippen molar-refractivity contribution < 1.29 is 9.90 Å².